The number of carbonyl (C=O) groups is 13. The second-order valence-corrected chi connectivity index (χ2v) is 18.8. The molecular weight excluding hydrogens is 1030 g/mol. The number of aliphatic hydroxyl groups is 2. The number of aliphatic carboxylic acids is 2. The van der Waals surface area contributed by atoms with E-state index in [1.165, 1.54) is 12.5 Å². The number of imidazole rings is 1. The normalized spacial score (nSPS) is 15.3. The van der Waals surface area contributed by atoms with Crippen LogP contribution in [0.5, 0.6) is 0 Å². The van der Waals surface area contributed by atoms with Crippen LogP contribution < -0.4 is 70.8 Å². The number of hydrogen-bond acceptors (Lipinski definition) is 18. The van der Waals surface area contributed by atoms with E-state index in [4.69, 9.17) is 22.9 Å². The molecule has 78 heavy (non-hydrogen) atoms. The molecular formula is C46H77N15O17. The first-order chi connectivity index (χ1) is 36.5. The van der Waals surface area contributed by atoms with Crippen molar-refractivity contribution in [2.24, 2.45) is 34.8 Å². The summed E-state index contributed by atoms with van der Waals surface area (Å²) >= 11 is 0. The van der Waals surface area contributed by atoms with Gasteiger partial charge in [-0.15, -0.1) is 0 Å². The zero-order chi connectivity index (χ0) is 59.4. The van der Waals surface area contributed by atoms with Gasteiger partial charge in [0.25, 0.3) is 0 Å². The number of nitrogens with zero attached hydrogens (tertiary/aromatic N) is 1. The molecule has 32 nitrogen and oxygen atoms in total. The molecule has 1 aromatic heterocycles. The zero-order valence-corrected chi connectivity index (χ0v) is 44.1. The van der Waals surface area contributed by atoms with Crippen LogP contribution in [0.3, 0.4) is 0 Å². The van der Waals surface area contributed by atoms with Crippen molar-refractivity contribution in [3.8, 4) is 0 Å². The molecule has 0 aliphatic rings. The number of nitrogens with two attached hydrogens (primary N) is 4. The molecule has 438 valence electrons. The first kappa shape index (κ1) is 68.2. The average Bonchev–Trinajstić information content (AvgIpc) is 3.88. The third kappa shape index (κ3) is 25.3. The van der Waals surface area contributed by atoms with Crippen molar-refractivity contribution in [1.29, 1.82) is 0 Å². The smallest absolute Gasteiger partial charge is 0.326 e. The van der Waals surface area contributed by atoms with Crippen LogP contribution in [-0.4, -0.2) is 187 Å². The molecule has 22 N–H and O–H groups in total. The summed E-state index contributed by atoms with van der Waals surface area (Å²) in [6.07, 6.45) is -1.02. The standard InChI is InChI=1S/C46H77N15O17/c1-6-22(4)36(45(76)55-27(46(77)78)9-7-8-12-47)60-43(74)31(19-62)59-39(70)26(10-11-35(67)68)54-34(66)18-52-44(75)37(23(5)63)61-42(73)29(14-24-17-51-20-53-24)58-40(71)28(13-21(2)3)57-41(72)30(16-33(50)65)56-38(69)25(48)15-32(49)64/h17,20-23,25-31,36-37,62-63H,6-16,18-19,47-48H2,1-5H3,(H2,49,64)(H2,50,65)(H,51,53)(H,52,75)(H,54,66)(H,55,76)(H,56,69)(H,57,72)(H,58,71)(H,59,70)(H,60,74)(H,61,73)(H,67,68)(H,77,78)/t22-,23+,25-,26-,27-,28-,29-,30-,31-,36-,37-/m0/s1. The number of aromatic nitrogens is 2. The van der Waals surface area contributed by atoms with Crippen LogP contribution in [0.2, 0.25) is 0 Å². The van der Waals surface area contributed by atoms with Gasteiger partial charge in [0.15, 0.2) is 0 Å². The average molecular weight is 1110 g/mol. The third-order valence-corrected chi connectivity index (χ3v) is 11.7. The predicted molar refractivity (Wildman–Crippen MR) is 271 cm³/mol. The zero-order valence-electron chi connectivity index (χ0n) is 44.1. The summed E-state index contributed by atoms with van der Waals surface area (Å²) in [5.74, 6) is -15.3. The van der Waals surface area contributed by atoms with Crippen molar-refractivity contribution >= 4 is 76.9 Å². The Morgan fingerprint density at radius 2 is 1.17 bits per heavy atom. The van der Waals surface area contributed by atoms with E-state index in [9.17, 15) is 82.8 Å². The summed E-state index contributed by atoms with van der Waals surface area (Å²) in [4.78, 5) is 174. The lowest BCUT2D eigenvalue weighted by atomic mass is 9.97. The van der Waals surface area contributed by atoms with Gasteiger partial charge in [-0.3, -0.25) is 57.5 Å². The molecule has 0 fully saturated rings. The molecule has 1 aromatic rings. The molecule has 0 unspecified atom stereocenters. The van der Waals surface area contributed by atoms with Gasteiger partial charge in [0.05, 0.1) is 44.5 Å². The molecule has 0 aliphatic heterocycles. The maximum atomic E-state index is 13.9. The van der Waals surface area contributed by atoms with Crippen molar-refractivity contribution < 1.29 is 82.8 Å². The predicted octanol–water partition coefficient (Wildman–Crippen LogP) is -7.43. The minimum absolute atomic E-state index is 0.0384. The van der Waals surface area contributed by atoms with E-state index in [2.05, 4.69) is 57.8 Å². The fourth-order valence-corrected chi connectivity index (χ4v) is 7.22. The highest BCUT2D eigenvalue weighted by Crippen LogP contribution is 2.12. The van der Waals surface area contributed by atoms with Crippen LogP contribution in [0.15, 0.2) is 12.5 Å². The third-order valence-electron chi connectivity index (χ3n) is 11.7. The molecule has 11 atom stereocenters. The van der Waals surface area contributed by atoms with Gasteiger partial charge in [0, 0.05) is 24.7 Å². The van der Waals surface area contributed by atoms with Crippen LogP contribution in [0.4, 0.5) is 0 Å². The minimum Gasteiger partial charge on any atom is -0.481 e. The summed E-state index contributed by atoms with van der Waals surface area (Å²) in [5, 5.41) is 60.5. The fourth-order valence-electron chi connectivity index (χ4n) is 7.22. The number of carboxylic acid groups (broad SMARTS) is 2. The number of rotatable bonds is 38. The van der Waals surface area contributed by atoms with Gasteiger partial charge >= 0.3 is 11.9 Å². The van der Waals surface area contributed by atoms with E-state index in [-0.39, 0.29) is 37.4 Å². The number of primary amides is 2. The summed E-state index contributed by atoms with van der Waals surface area (Å²) in [6.45, 7) is 5.99. The topological polar surface area (TPSA) is 544 Å². The van der Waals surface area contributed by atoms with E-state index < -0.39 is 182 Å². The van der Waals surface area contributed by atoms with Crippen molar-refractivity contribution in [3.05, 3.63) is 18.2 Å². The number of nitrogens with one attached hydrogen (secondary N) is 10. The van der Waals surface area contributed by atoms with Gasteiger partial charge < -0.3 is 96.2 Å². The summed E-state index contributed by atoms with van der Waals surface area (Å²) in [7, 11) is 0. The van der Waals surface area contributed by atoms with Crippen molar-refractivity contribution in [2.45, 2.75) is 159 Å². The number of amides is 11. The second-order valence-electron chi connectivity index (χ2n) is 18.8. The van der Waals surface area contributed by atoms with Gasteiger partial charge in [0.2, 0.25) is 65.0 Å². The lowest BCUT2D eigenvalue weighted by Gasteiger charge is -2.28. The van der Waals surface area contributed by atoms with Crippen molar-refractivity contribution in [3.63, 3.8) is 0 Å². The highest BCUT2D eigenvalue weighted by atomic mass is 16.4. The van der Waals surface area contributed by atoms with Crippen LogP contribution in [-0.2, 0) is 68.7 Å². The monoisotopic (exact) mass is 1110 g/mol. The van der Waals surface area contributed by atoms with Crippen LogP contribution in [0, 0.1) is 11.8 Å². The Hall–Kier alpha value is -7.84. The fraction of sp³-hybridized carbons (Fsp3) is 0.652. The lowest BCUT2D eigenvalue weighted by Crippen LogP contribution is -2.61. The van der Waals surface area contributed by atoms with E-state index in [0.717, 1.165) is 6.92 Å². The molecule has 0 radical (unpaired) electrons. The molecule has 11 amide bonds. The summed E-state index contributed by atoms with van der Waals surface area (Å²) in [5.41, 5.74) is 21.8. The molecule has 0 saturated heterocycles. The maximum Gasteiger partial charge on any atom is 0.326 e. The molecule has 0 aliphatic carbocycles. The first-order valence-electron chi connectivity index (χ1n) is 25.0. The highest BCUT2D eigenvalue weighted by molar-refractivity contribution is 5.99. The van der Waals surface area contributed by atoms with Gasteiger partial charge in [-0.05, 0) is 57.4 Å². The van der Waals surface area contributed by atoms with Crippen molar-refractivity contribution in [2.75, 3.05) is 19.7 Å². The van der Waals surface area contributed by atoms with Gasteiger partial charge in [-0.2, -0.15) is 0 Å². The largest absolute Gasteiger partial charge is 0.481 e. The SMILES string of the molecule is CC[C@H](C)[C@H](NC(=O)[C@H](CO)NC(=O)[C@H](CCC(=O)O)NC(=O)CNC(=O)[C@@H](NC(=O)[C@H](Cc1cnc[nH]1)NC(=O)[C@H](CC(C)C)NC(=O)[C@H](CC(N)=O)NC(=O)[C@@H](N)CC(N)=O)[C@@H](C)O)C(=O)N[C@@H](CCCCN)C(=O)O. The van der Waals surface area contributed by atoms with Crippen LogP contribution in [0.1, 0.15) is 98.1 Å². The number of carbonyl (C=O) groups excluding carboxylic acids is 11. The van der Waals surface area contributed by atoms with Gasteiger partial charge in [-0.1, -0.05) is 34.1 Å². The minimum atomic E-state index is -1.85. The van der Waals surface area contributed by atoms with Gasteiger partial charge in [-0.25, -0.2) is 9.78 Å². The molecule has 0 aromatic carbocycles. The Kier molecular flexibility index (Phi) is 30.4. The Balaban J connectivity index is 3.29. The number of aromatic amines is 1. The lowest BCUT2D eigenvalue weighted by molar-refractivity contribution is -0.143. The Morgan fingerprint density at radius 3 is 1.69 bits per heavy atom. The summed E-state index contributed by atoms with van der Waals surface area (Å²) < 4.78 is 0. The van der Waals surface area contributed by atoms with E-state index in [1.54, 1.807) is 27.7 Å². The maximum absolute atomic E-state index is 13.9. The Bertz CT molecular complexity index is 2230. The Morgan fingerprint density at radius 1 is 0.628 bits per heavy atom. The van der Waals surface area contributed by atoms with Gasteiger partial charge in [0.1, 0.15) is 48.3 Å². The molecule has 1 heterocycles. The second kappa shape index (κ2) is 34.7. The first-order valence-corrected chi connectivity index (χ1v) is 25.0. The number of aliphatic hydroxyl groups excluding tert-OH is 2. The van der Waals surface area contributed by atoms with Crippen LogP contribution in [0.25, 0.3) is 0 Å². The van der Waals surface area contributed by atoms with E-state index >= 15 is 0 Å². The molecule has 0 bridgehead atoms. The quantitative estimate of drug-likeness (QED) is 0.0274. The number of hydrogen-bond donors (Lipinski definition) is 18. The molecule has 0 saturated carbocycles. The number of H-pyrrole nitrogens is 1. The molecule has 32 heteroatoms. The number of carboxylic acids is 2. The molecule has 0 spiro atoms. The van der Waals surface area contributed by atoms with E-state index in [1.807, 2.05) is 0 Å². The highest BCUT2D eigenvalue weighted by Gasteiger charge is 2.36. The molecule has 1 rings (SSSR count). The van der Waals surface area contributed by atoms with Crippen LogP contribution >= 0.6 is 0 Å². The summed E-state index contributed by atoms with van der Waals surface area (Å²) in [6, 6.07) is -14.3. The van der Waals surface area contributed by atoms with Crippen molar-refractivity contribution in [1.82, 2.24) is 57.8 Å². The number of unbranched alkanes of at least 4 members (excludes halogenated alkanes) is 1. The Labute approximate surface area is 448 Å². The van der Waals surface area contributed by atoms with E-state index in [0.29, 0.717) is 19.3 Å².